The van der Waals surface area contributed by atoms with E-state index in [1.54, 1.807) is 4.57 Å². The maximum Gasteiger partial charge on any atom is 0.261 e. The first-order chi connectivity index (χ1) is 15.7. The second-order valence-electron chi connectivity index (χ2n) is 8.53. The van der Waals surface area contributed by atoms with Crippen LogP contribution in [-0.4, -0.2) is 39.3 Å². The second kappa shape index (κ2) is 7.60. The summed E-state index contributed by atoms with van der Waals surface area (Å²) in [6.07, 6.45) is 2.85. The fourth-order valence-electron chi connectivity index (χ4n) is 5.06. The van der Waals surface area contributed by atoms with Crippen molar-refractivity contribution >= 4 is 27.7 Å². The molecule has 32 heavy (non-hydrogen) atoms. The lowest BCUT2D eigenvalue weighted by atomic mass is 10.0. The fraction of sp³-hybridized carbons (Fsp3) is 0.320. The highest BCUT2D eigenvalue weighted by Gasteiger charge is 2.28. The number of carbonyl (C=O) groups excluding carboxylic acids is 1. The molecule has 2 aromatic carbocycles. The Balaban J connectivity index is 1.47. The van der Waals surface area contributed by atoms with E-state index in [1.807, 2.05) is 47.0 Å². The zero-order valence-electron chi connectivity index (χ0n) is 17.7. The van der Waals surface area contributed by atoms with E-state index in [-0.39, 0.29) is 24.1 Å². The van der Waals surface area contributed by atoms with Crippen LogP contribution in [0.1, 0.15) is 18.4 Å². The molecule has 1 saturated heterocycles. The minimum absolute atomic E-state index is 0.0316. The molecule has 4 heterocycles. The number of rotatable bonds is 4. The first kappa shape index (κ1) is 19.3. The van der Waals surface area contributed by atoms with Gasteiger partial charge in [0.15, 0.2) is 5.82 Å². The van der Waals surface area contributed by atoms with Gasteiger partial charge in [0, 0.05) is 30.6 Å². The van der Waals surface area contributed by atoms with E-state index in [9.17, 15) is 9.59 Å². The predicted molar refractivity (Wildman–Crippen MR) is 123 cm³/mol. The molecular formula is C25H24N4O3. The van der Waals surface area contributed by atoms with Crippen molar-refractivity contribution < 1.29 is 9.53 Å². The van der Waals surface area contributed by atoms with Crippen molar-refractivity contribution in [3.05, 3.63) is 64.4 Å². The van der Waals surface area contributed by atoms with Gasteiger partial charge in [0.1, 0.15) is 6.54 Å². The fourth-order valence-corrected chi connectivity index (χ4v) is 5.06. The van der Waals surface area contributed by atoms with E-state index in [1.165, 1.54) is 0 Å². The zero-order valence-corrected chi connectivity index (χ0v) is 17.7. The number of carbonyl (C=O) groups is 1. The van der Waals surface area contributed by atoms with Gasteiger partial charge in [-0.25, -0.2) is 4.98 Å². The van der Waals surface area contributed by atoms with Crippen molar-refractivity contribution in [3.8, 4) is 11.5 Å². The zero-order chi connectivity index (χ0) is 21.7. The van der Waals surface area contributed by atoms with Gasteiger partial charge in [0.2, 0.25) is 5.91 Å². The summed E-state index contributed by atoms with van der Waals surface area (Å²) in [5.41, 5.74) is 3.65. The summed E-state index contributed by atoms with van der Waals surface area (Å²) in [5.74, 6) is 0.572. The molecule has 1 atom stereocenters. The summed E-state index contributed by atoms with van der Waals surface area (Å²) in [5, 5.41) is 4.76. The number of nitrogens with one attached hydrogen (secondary N) is 1. The lowest BCUT2D eigenvalue weighted by Gasteiger charge is -2.21. The number of aromatic nitrogens is 3. The molecule has 162 valence electrons. The van der Waals surface area contributed by atoms with Gasteiger partial charge in [-0.05, 0) is 43.0 Å². The van der Waals surface area contributed by atoms with Crippen molar-refractivity contribution in [2.45, 2.75) is 38.5 Å². The third-order valence-electron chi connectivity index (χ3n) is 6.59. The van der Waals surface area contributed by atoms with Crippen LogP contribution in [0.15, 0.2) is 53.3 Å². The summed E-state index contributed by atoms with van der Waals surface area (Å²) < 4.78 is 9.40. The van der Waals surface area contributed by atoms with Crippen LogP contribution in [-0.2, 0) is 29.0 Å². The Morgan fingerprint density at radius 2 is 1.94 bits per heavy atom. The number of benzene rings is 2. The molecule has 0 radical (unpaired) electrons. The molecule has 0 spiro atoms. The van der Waals surface area contributed by atoms with Crippen LogP contribution in [0.3, 0.4) is 0 Å². The summed E-state index contributed by atoms with van der Waals surface area (Å²) in [4.78, 5) is 31.0. The third kappa shape index (κ3) is 3.04. The number of aryl methyl sites for hydroxylation is 1. The Hall–Kier alpha value is -3.45. The molecule has 0 unspecified atom stereocenters. The van der Waals surface area contributed by atoms with E-state index in [4.69, 9.17) is 9.72 Å². The van der Waals surface area contributed by atoms with Crippen LogP contribution in [0.4, 0.5) is 0 Å². The van der Waals surface area contributed by atoms with Crippen LogP contribution in [0.5, 0.6) is 0 Å². The summed E-state index contributed by atoms with van der Waals surface area (Å²) in [6, 6.07) is 15.6. The molecule has 6 rings (SSSR count). The Morgan fingerprint density at radius 3 is 2.78 bits per heavy atom. The molecule has 0 aliphatic carbocycles. The molecule has 0 saturated carbocycles. The van der Waals surface area contributed by atoms with Crippen molar-refractivity contribution in [2.75, 3.05) is 13.2 Å². The van der Waals surface area contributed by atoms with Gasteiger partial charge in [-0.2, -0.15) is 0 Å². The summed E-state index contributed by atoms with van der Waals surface area (Å²) >= 11 is 0. The summed E-state index contributed by atoms with van der Waals surface area (Å²) in [7, 11) is 0. The maximum atomic E-state index is 13.2. The largest absolute Gasteiger partial charge is 0.376 e. The molecule has 0 bridgehead atoms. The van der Waals surface area contributed by atoms with Crippen molar-refractivity contribution in [3.63, 3.8) is 0 Å². The number of amides is 1. The van der Waals surface area contributed by atoms with Crippen LogP contribution >= 0.6 is 0 Å². The van der Waals surface area contributed by atoms with E-state index in [0.717, 1.165) is 48.0 Å². The average Bonchev–Trinajstić information content (AvgIpc) is 3.45. The molecule has 7 heteroatoms. The molecule has 7 nitrogen and oxygen atoms in total. The number of nitrogens with zero attached hydrogens (tertiary/aromatic N) is 3. The predicted octanol–water partition coefficient (Wildman–Crippen LogP) is 2.87. The van der Waals surface area contributed by atoms with Crippen molar-refractivity contribution in [1.29, 1.82) is 0 Å². The van der Waals surface area contributed by atoms with Crippen LogP contribution in [0.25, 0.3) is 33.3 Å². The molecule has 4 aromatic rings. The van der Waals surface area contributed by atoms with Crippen LogP contribution < -0.4 is 10.9 Å². The van der Waals surface area contributed by atoms with Gasteiger partial charge in [-0.15, -0.1) is 0 Å². The molecule has 2 aliphatic heterocycles. The Morgan fingerprint density at radius 1 is 1.12 bits per heavy atom. The number of hydrogen-bond acceptors (Lipinski definition) is 4. The first-order valence-corrected chi connectivity index (χ1v) is 11.2. The molecule has 1 fully saturated rings. The third-order valence-corrected chi connectivity index (χ3v) is 6.59. The molecule has 2 aromatic heterocycles. The topological polar surface area (TPSA) is 78.2 Å². The van der Waals surface area contributed by atoms with E-state index >= 15 is 0 Å². The van der Waals surface area contributed by atoms with Gasteiger partial charge in [-0.1, -0.05) is 30.3 Å². The summed E-state index contributed by atoms with van der Waals surface area (Å²) in [6.45, 7) is 2.05. The van der Waals surface area contributed by atoms with Gasteiger partial charge in [-0.3, -0.25) is 14.2 Å². The minimum atomic E-state index is -0.0655. The number of fused-ring (bicyclic) bond motifs is 6. The van der Waals surface area contributed by atoms with Gasteiger partial charge >= 0.3 is 0 Å². The van der Waals surface area contributed by atoms with Crippen LogP contribution in [0, 0.1) is 0 Å². The normalized spacial score (nSPS) is 17.4. The van der Waals surface area contributed by atoms with E-state index in [2.05, 4.69) is 11.4 Å². The monoisotopic (exact) mass is 428 g/mol. The van der Waals surface area contributed by atoms with E-state index < -0.39 is 0 Å². The lowest BCUT2D eigenvalue weighted by Crippen LogP contribution is -2.34. The molecular weight excluding hydrogens is 404 g/mol. The van der Waals surface area contributed by atoms with E-state index in [0.29, 0.717) is 29.8 Å². The standard InChI is InChI=1S/C25H24N4O3/c30-22(26-14-16-6-5-13-32-16)15-29-21-10-4-2-7-17(21)18-11-12-28-24(23(18)29)27-20-9-3-1-8-19(20)25(28)31/h1-4,7-10,16H,5-6,11-15H2,(H,26,30)/t16-/m0/s1. The van der Waals surface area contributed by atoms with Crippen molar-refractivity contribution in [2.24, 2.45) is 0 Å². The van der Waals surface area contributed by atoms with Crippen LogP contribution in [0.2, 0.25) is 0 Å². The maximum absolute atomic E-state index is 13.2. The highest BCUT2D eigenvalue weighted by molar-refractivity contribution is 5.93. The number of ether oxygens (including phenoxy) is 1. The number of hydrogen-bond donors (Lipinski definition) is 1. The van der Waals surface area contributed by atoms with Gasteiger partial charge in [0.05, 0.1) is 22.7 Å². The second-order valence-corrected chi connectivity index (χ2v) is 8.53. The first-order valence-electron chi connectivity index (χ1n) is 11.2. The molecule has 2 aliphatic rings. The van der Waals surface area contributed by atoms with Gasteiger partial charge < -0.3 is 14.6 Å². The quantitative estimate of drug-likeness (QED) is 0.542. The highest BCUT2D eigenvalue weighted by atomic mass is 16.5. The minimum Gasteiger partial charge on any atom is -0.376 e. The SMILES string of the molecule is O=C(Cn1c2c(c3ccccc31)CCn1c-2nc2ccccc2c1=O)NC[C@@H]1CCCO1. The number of para-hydroxylation sites is 2. The average molecular weight is 428 g/mol. The smallest absolute Gasteiger partial charge is 0.261 e. The lowest BCUT2D eigenvalue weighted by molar-refractivity contribution is -0.122. The van der Waals surface area contributed by atoms with Gasteiger partial charge in [0.25, 0.3) is 5.56 Å². The molecule has 1 N–H and O–H groups in total. The Labute approximate surface area is 184 Å². The van der Waals surface area contributed by atoms with Crippen molar-refractivity contribution in [1.82, 2.24) is 19.4 Å². The Bertz CT molecular complexity index is 1410. The highest BCUT2D eigenvalue weighted by Crippen LogP contribution is 2.36. The Kier molecular flexibility index (Phi) is 4.57. The molecule has 1 amide bonds.